The van der Waals surface area contributed by atoms with Crippen molar-refractivity contribution in [2.75, 3.05) is 11.1 Å². The number of nitrogens with one attached hydrogen (secondary N) is 2. The first-order valence-corrected chi connectivity index (χ1v) is 10.9. The van der Waals surface area contributed by atoms with Crippen LogP contribution in [0.5, 0.6) is 11.6 Å². The molecule has 9 nitrogen and oxygen atoms in total. The van der Waals surface area contributed by atoms with E-state index in [0.717, 1.165) is 17.7 Å². The van der Waals surface area contributed by atoms with Gasteiger partial charge in [-0.15, -0.1) is 0 Å². The Morgan fingerprint density at radius 2 is 1.81 bits per heavy atom. The molecule has 12 heteroatoms. The van der Waals surface area contributed by atoms with Crippen LogP contribution in [0, 0.1) is 0 Å². The first-order chi connectivity index (χ1) is 17.8. The molecule has 0 aliphatic heterocycles. The number of aromatic amines is 1. The van der Waals surface area contributed by atoms with Crippen molar-refractivity contribution in [3.05, 3.63) is 94.5 Å². The lowest BCUT2D eigenvalue weighted by Crippen LogP contribution is -2.13. The van der Waals surface area contributed by atoms with Crippen molar-refractivity contribution in [1.29, 1.82) is 0 Å². The van der Waals surface area contributed by atoms with Gasteiger partial charge in [-0.2, -0.15) is 18.2 Å². The molecule has 37 heavy (non-hydrogen) atoms. The van der Waals surface area contributed by atoms with Gasteiger partial charge in [0.25, 0.3) is 5.56 Å². The third kappa shape index (κ3) is 5.32. The fraction of sp³-hybridized carbons (Fsp3) is 0.0800. The zero-order chi connectivity index (χ0) is 26.0. The van der Waals surface area contributed by atoms with Gasteiger partial charge in [0.2, 0.25) is 11.8 Å². The summed E-state index contributed by atoms with van der Waals surface area (Å²) in [4.78, 5) is 31.5. The number of fused-ring (bicyclic) bond motifs is 1. The number of alkyl halides is 3. The Hall–Kier alpha value is -5.00. The number of hydrogen-bond acceptors (Lipinski definition) is 8. The van der Waals surface area contributed by atoms with Gasteiger partial charge in [0.1, 0.15) is 5.52 Å². The summed E-state index contributed by atoms with van der Waals surface area (Å²) in [6.45, 7) is 0.345. The van der Waals surface area contributed by atoms with E-state index in [1.807, 2.05) is 6.07 Å². The van der Waals surface area contributed by atoms with Crippen molar-refractivity contribution >= 4 is 22.8 Å². The lowest BCUT2D eigenvalue weighted by atomic mass is 10.1. The maximum absolute atomic E-state index is 13.0. The highest BCUT2D eigenvalue weighted by Crippen LogP contribution is 2.33. The van der Waals surface area contributed by atoms with Crippen LogP contribution in [-0.2, 0) is 12.7 Å². The molecule has 0 unspecified atom stereocenters. The summed E-state index contributed by atoms with van der Waals surface area (Å²) >= 11 is 0. The molecule has 0 bridgehead atoms. The zero-order valence-electron chi connectivity index (χ0n) is 19.0. The van der Waals surface area contributed by atoms with Crippen LogP contribution in [0.25, 0.3) is 22.3 Å². The first-order valence-electron chi connectivity index (χ1n) is 10.9. The number of para-hydroxylation sites is 1. The van der Waals surface area contributed by atoms with Gasteiger partial charge in [0.05, 0.1) is 16.8 Å². The molecule has 0 atom stereocenters. The van der Waals surface area contributed by atoms with Gasteiger partial charge in [-0.3, -0.25) is 9.78 Å². The van der Waals surface area contributed by atoms with Gasteiger partial charge in [-0.25, -0.2) is 9.97 Å². The third-order valence-electron chi connectivity index (χ3n) is 5.31. The Morgan fingerprint density at radius 1 is 1.00 bits per heavy atom. The number of nitrogen functional groups attached to an aromatic ring is 1. The predicted molar refractivity (Wildman–Crippen MR) is 131 cm³/mol. The van der Waals surface area contributed by atoms with Crippen molar-refractivity contribution in [3.63, 3.8) is 0 Å². The van der Waals surface area contributed by atoms with E-state index < -0.39 is 17.3 Å². The number of hydrogen-bond donors (Lipinski definition) is 3. The normalized spacial score (nSPS) is 11.4. The predicted octanol–water partition coefficient (Wildman–Crippen LogP) is 4.78. The van der Waals surface area contributed by atoms with E-state index in [0.29, 0.717) is 28.8 Å². The topological polar surface area (TPSA) is 132 Å². The number of halogens is 3. The summed E-state index contributed by atoms with van der Waals surface area (Å²) in [6.07, 6.45) is -1.13. The van der Waals surface area contributed by atoms with E-state index in [2.05, 4.69) is 30.2 Å². The van der Waals surface area contributed by atoms with Crippen LogP contribution in [0.4, 0.5) is 24.9 Å². The molecule has 2 aromatic carbocycles. The van der Waals surface area contributed by atoms with Crippen molar-refractivity contribution in [1.82, 2.24) is 24.9 Å². The van der Waals surface area contributed by atoms with Crippen LogP contribution in [0.1, 0.15) is 11.1 Å². The quantitative estimate of drug-likeness (QED) is 0.300. The maximum Gasteiger partial charge on any atom is 0.416 e. The number of H-pyrrole nitrogens is 1. The van der Waals surface area contributed by atoms with Crippen LogP contribution in [0.15, 0.2) is 77.9 Å². The minimum Gasteiger partial charge on any atom is -0.436 e. The van der Waals surface area contributed by atoms with E-state index in [-0.39, 0.29) is 23.4 Å². The molecule has 3 heterocycles. The Kier molecular flexibility index (Phi) is 6.14. The van der Waals surface area contributed by atoms with Crippen LogP contribution < -0.4 is 21.3 Å². The molecule has 5 aromatic rings. The number of rotatable bonds is 6. The smallest absolute Gasteiger partial charge is 0.416 e. The summed E-state index contributed by atoms with van der Waals surface area (Å²) in [5, 5.41) is 3.08. The highest BCUT2D eigenvalue weighted by atomic mass is 19.4. The number of nitrogens with two attached hydrogens (primary N) is 1. The highest BCUT2D eigenvalue weighted by Gasteiger charge is 2.30. The van der Waals surface area contributed by atoms with E-state index in [1.54, 1.807) is 36.7 Å². The maximum atomic E-state index is 13.0. The molecule has 0 saturated carbocycles. The summed E-state index contributed by atoms with van der Waals surface area (Å²) < 4.78 is 45.1. The summed E-state index contributed by atoms with van der Waals surface area (Å²) in [5.41, 5.74) is 6.71. The first kappa shape index (κ1) is 23.7. The van der Waals surface area contributed by atoms with Gasteiger partial charge in [-0.05, 0) is 35.9 Å². The van der Waals surface area contributed by atoms with Crippen molar-refractivity contribution in [2.24, 2.45) is 0 Å². The molecule has 4 N–H and O–H groups in total. The lowest BCUT2D eigenvalue weighted by Gasteiger charge is -2.12. The second-order valence-corrected chi connectivity index (χ2v) is 7.91. The monoisotopic (exact) mass is 505 g/mol. The summed E-state index contributed by atoms with van der Waals surface area (Å²) in [6, 6.07) is 14.7. The second-order valence-electron chi connectivity index (χ2n) is 7.91. The Bertz CT molecular complexity index is 1620. The number of pyridine rings is 1. The van der Waals surface area contributed by atoms with Gasteiger partial charge >= 0.3 is 6.18 Å². The molecule has 3 aromatic heterocycles. The van der Waals surface area contributed by atoms with Crippen LogP contribution in [0.3, 0.4) is 0 Å². The SMILES string of the molecule is Nc1nc2c(Oc3cc(-c4ccc(C(F)(F)F)cc4)nc(NCc4cccnc4)n3)cccc2[nH]c1=O. The van der Waals surface area contributed by atoms with Crippen molar-refractivity contribution in [3.8, 4) is 22.9 Å². The van der Waals surface area contributed by atoms with Crippen LogP contribution in [0.2, 0.25) is 0 Å². The lowest BCUT2D eigenvalue weighted by molar-refractivity contribution is -0.137. The second kappa shape index (κ2) is 9.57. The summed E-state index contributed by atoms with van der Waals surface area (Å²) in [7, 11) is 0. The Balaban J connectivity index is 1.53. The number of nitrogens with zero attached hydrogens (tertiary/aromatic N) is 4. The largest absolute Gasteiger partial charge is 0.436 e. The molecule has 0 fully saturated rings. The molecular weight excluding hydrogens is 487 g/mol. The summed E-state index contributed by atoms with van der Waals surface area (Å²) in [5.74, 6) is 0.307. The van der Waals surface area contributed by atoms with Crippen molar-refractivity contribution in [2.45, 2.75) is 12.7 Å². The van der Waals surface area contributed by atoms with E-state index >= 15 is 0 Å². The van der Waals surface area contributed by atoms with E-state index in [1.165, 1.54) is 18.2 Å². The Labute approximate surface area is 207 Å². The molecular formula is C25H18F3N7O2. The van der Waals surface area contributed by atoms with Gasteiger partial charge in [0.15, 0.2) is 11.6 Å². The van der Waals surface area contributed by atoms with Gasteiger partial charge in [0, 0.05) is 30.6 Å². The molecule has 0 aliphatic carbocycles. The van der Waals surface area contributed by atoms with Crippen molar-refractivity contribution < 1.29 is 17.9 Å². The zero-order valence-corrected chi connectivity index (χ0v) is 19.0. The number of benzene rings is 2. The van der Waals surface area contributed by atoms with E-state index in [4.69, 9.17) is 10.5 Å². The molecule has 0 saturated heterocycles. The molecule has 186 valence electrons. The van der Waals surface area contributed by atoms with Gasteiger partial charge in [-0.1, -0.05) is 24.3 Å². The third-order valence-corrected chi connectivity index (χ3v) is 5.31. The number of aromatic nitrogens is 5. The standard InChI is InChI=1S/C25H18F3N7O2/c26-25(27,28)16-8-6-15(7-9-16)18-11-20(34-24(33-18)31-13-14-3-2-10-30-12-14)37-19-5-1-4-17-21(19)35-22(29)23(36)32-17/h1-12H,13H2,(H2,29,35)(H,32,36)(H,31,33,34). The average molecular weight is 505 g/mol. The van der Waals surface area contributed by atoms with Gasteiger partial charge < -0.3 is 20.8 Å². The molecule has 0 aliphatic rings. The van der Waals surface area contributed by atoms with Crippen LogP contribution >= 0.6 is 0 Å². The Morgan fingerprint density at radius 3 is 2.54 bits per heavy atom. The molecule has 5 rings (SSSR count). The number of ether oxygens (including phenoxy) is 1. The fourth-order valence-electron chi connectivity index (χ4n) is 3.51. The average Bonchev–Trinajstić information content (AvgIpc) is 2.89. The van der Waals surface area contributed by atoms with E-state index in [9.17, 15) is 18.0 Å². The minimum atomic E-state index is -4.46. The highest BCUT2D eigenvalue weighted by molar-refractivity contribution is 5.82. The molecule has 0 radical (unpaired) electrons. The van der Waals surface area contributed by atoms with Crippen LogP contribution in [-0.4, -0.2) is 24.9 Å². The minimum absolute atomic E-state index is 0.0951. The molecule has 0 amide bonds. The molecule has 0 spiro atoms. The fourth-order valence-corrected chi connectivity index (χ4v) is 3.51. The number of anilines is 2.